The molecule has 0 saturated carbocycles. The zero-order valence-electron chi connectivity index (χ0n) is 13.3. The average molecular weight is 312 g/mol. The molecule has 0 bridgehead atoms. The van der Waals surface area contributed by atoms with Crippen LogP contribution in [0.1, 0.15) is 34.8 Å². The molecule has 0 unspecified atom stereocenters. The molecule has 2 rings (SSSR count). The molecule has 5 nitrogen and oxygen atoms in total. The number of rotatable bonds is 6. The van der Waals surface area contributed by atoms with Crippen molar-refractivity contribution in [3.05, 3.63) is 75.3 Å². The van der Waals surface area contributed by atoms with Crippen molar-refractivity contribution in [2.75, 3.05) is 0 Å². The Morgan fingerprint density at radius 2 is 1.91 bits per heavy atom. The van der Waals surface area contributed by atoms with E-state index in [0.29, 0.717) is 11.1 Å². The summed E-state index contributed by atoms with van der Waals surface area (Å²) in [5, 5.41) is 13.8. The van der Waals surface area contributed by atoms with Crippen molar-refractivity contribution < 1.29 is 9.72 Å². The fourth-order valence-corrected chi connectivity index (χ4v) is 2.35. The number of carbonyl (C=O) groups is 1. The second-order valence-electron chi connectivity index (χ2n) is 5.66. The summed E-state index contributed by atoms with van der Waals surface area (Å²) >= 11 is 0. The third kappa shape index (κ3) is 4.64. The van der Waals surface area contributed by atoms with Gasteiger partial charge in [-0.1, -0.05) is 36.4 Å². The first-order valence-corrected chi connectivity index (χ1v) is 7.57. The van der Waals surface area contributed by atoms with E-state index in [0.717, 1.165) is 12.8 Å². The molecule has 23 heavy (non-hydrogen) atoms. The van der Waals surface area contributed by atoms with Gasteiger partial charge < -0.3 is 5.32 Å². The van der Waals surface area contributed by atoms with Crippen LogP contribution in [0.5, 0.6) is 0 Å². The fourth-order valence-electron chi connectivity index (χ4n) is 2.35. The van der Waals surface area contributed by atoms with E-state index in [-0.39, 0.29) is 17.6 Å². The number of nitrogens with zero attached hydrogens (tertiary/aromatic N) is 1. The minimum atomic E-state index is -0.467. The van der Waals surface area contributed by atoms with Gasteiger partial charge >= 0.3 is 0 Å². The van der Waals surface area contributed by atoms with Crippen LogP contribution >= 0.6 is 0 Å². The van der Waals surface area contributed by atoms with Crippen molar-refractivity contribution >= 4 is 11.6 Å². The molecule has 1 N–H and O–H groups in total. The van der Waals surface area contributed by atoms with E-state index in [1.54, 1.807) is 19.1 Å². The Balaban J connectivity index is 1.96. The van der Waals surface area contributed by atoms with Gasteiger partial charge in [0, 0.05) is 23.2 Å². The number of nitrogens with one attached hydrogen (secondary N) is 1. The maximum absolute atomic E-state index is 12.2. The highest BCUT2D eigenvalue weighted by atomic mass is 16.6. The van der Waals surface area contributed by atoms with Crippen LogP contribution in [-0.4, -0.2) is 16.9 Å². The van der Waals surface area contributed by atoms with Crippen LogP contribution in [0.15, 0.2) is 48.5 Å². The van der Waals surface area contributed by atoms with Gasteiger partial charge in [-0.3, -0.25) is 14.9 Å². The average Bonchev–Trinajstić information content (AvgIpc) is 2.54. The first-order chi connectivity index (χ1) is 11.0. The Morgan fingerprint density at radius 3 is 2.57 bits per heavy atom. The Labute approximate surface area is 135 Å². The van der Waals surface area contributed by atoms with Gasteiger partial charge in [-0.05, 0) is 38.3 Å². The van der Waals surface area contributed by atoms with Gasteiger partial charge in [-0.25, -0.2) is 0 Å². The zero-order valence-corrected chi connectivity index (χ0v) is 13.3. The van der Waals surface area contributed by atoms with Crippen molar-refractivity contribution in [2.45, 2.75) is 32.7 Å². The normalized spacial score (nSPS) is 11.7. The Morgan fingerprint density at radius 1 is 1.22 bits per heavy atom. The lowest BCUT2D eigenvalue weighted by molar-refractivity contribution is -0.385. The molecule has 120 valence electrons. The third-order valence-corrected chi connectivity index (χ3v) is 3.75. The molecule has 0 aliphatic heterocycles. The number of benzene rings is 2. The molecule has 0 fully saturated rings. The molecule has 1 amide bonds. The van der Waals surface area contributed by atoms with Crippen LogP contribution in [0.2, 0.25) is 0 Å². The molecule has 0 heterocycles. The van der Waals surface area contributed by atoms with Gasteiger partial charge in [0.1, 0.15) is 0 Å². The highest BCUT2D eigenvalue weighted by Crippen LogP contribution is 2.19. The molecule has 2 aromatic rings. The van der Waals surface area contributed by atoms with Crippen LogP contribution < -0.4 is 5.32 Å². The summed E-state index contributed by atoms with van der Waals surface area (Å²) in [4.78, 5) is 22.7. The smallest absolute Gasteiger partial charge is 0.273 e. The topological polar surface area (TPSA) is 72.2 Å². The Kier molecular flexibility index (Phi) is 5.46. The molecule has 5 heteroatoms. The van der Waals surface area contributed by atoms with Crippen LogP contribution in [0.4, 0.5) is 5.69 Å². The number of carbonyl (C=O) groups excluding carboxylic acids is 1. The molecule has 1 atom stereocenters. The molecular weight excluding hydrogens is 292 g/mol. The summed E-state index contributed by atoms with van der Waals surface area (Å²) in [6.45, 7) is 3.59. The van der Waals surface area contributed by atoms with E-state index in [9.17, 15) is 14.9 Å². The quantitative estimate of drug-likeness (QED) is 0.653. The molecule has 0 spiro atoms. The second-order valence-corrected chi connectivity index (χ2v) is 5.66. The van der Waals surface area contributed by atoms with E-state index >= 15 is 0 Å². The van der Waals surface area contributed by atoms with Crippen molar-refractivity contribution in [2.24, 2.45) is 0 Å². The first kappa shape index (κ1) is 16.7. The van der Waals surface area contributed by atoms with E-state index in [1.165, 1.54) is 11.6 Å². The maximum Gasteiger partial charge on any atom is 0.273 e. The van der Waals surface area contributed by atoms with Gasteiger partial charge in [0.05, 0.1) is 4.92 Å². The summed E-state index contributed by atoms with van der Waals surface area (Å²) < 4.78 is 0. The summed E-state index contributed by atoms with van der Waals surface area (Å²) in [6, 6.07) is 14.6. The lowest BCUT2D eigenvalue weighted by Gasteiger charge is -2.14. The van der Waals surface area contributed by atoms with Gasteiger partial charge in [0.25, 0.3) is 11.6 Å². The minimum Gasteiger partial charge on any atom is -0.350 e. The second kappa shape index (κ2) is 7.54. The number of aryl methyl sites for hydroxylation is 2. The van der Waals surface area contributed by atoms with E-state index in [2.05, 4.69) is 17.4 Å². The Bertz CT molecular complexity index is 699. The third-order valence-electron chi connectivity index (χ3n) is 3.75. The van der Waals surface area contributed by atoms with Crippen LogP contribution in [0.3, 0.4) is 0 Å². The van der Waals surface area contributed by atoms with Gasteiger partial charge in [0.2, 0.25) is 0 Å². The molecule has 0 radical (unpaired) electrons. The SMILES string of the molecule is Cc1ccc(C(=O)N[C@@H](C)CCc2ccccc2)cc1[N+](=O)[O-]. The lowest BCUT2D eigenvalue weighted by Crippen LogP contribution is -2.32. The summed E-state index contributed by atoms with van der Waals surface area (Å²) in [7, 11) is 0. The fraction of sp³-hybridized carbons (Fsp3) is 0.278. The van der Waals surface area contributed by atoms with Crippen molar-refractivity contribution in [3.63, 3.8) is 0 Å². The monoisotopic (exact) mass is 312 g/mol. The van der Waals surface area contributed by atoms with E-state index in [1.807, 2.05) is 25.1 Å². The molecule has 0 saturated heterocycles. The van der Waals surface area contributed by atoms with Crippen LogP contribution in [0, 0.1) is 17.0 Å². The number of hydrogen-bond acceptors (Lipinski definition) is 3. The van der Waals surface area contributed by atoms with Crippen molar-refractivity contribution in [1.29, 1.82) is 0 Å². The molecular formula is C18H20N2O3. The summed E-state index contributed by atoms with van der Waals surface area (Å²) in [5.74, 6) is -0.284. The lowest BCUT2D eigenvalue weighted by atomic mass is 10.1. The number of nitro groups is 1. The predicted octanol–water partition coefficient (Wildman–Crippen LogP) is 3.65. The zero-order chi connectivity index (χ0) is 16.8. The molecule has 2 aromatic carbocycles. The Hall–Kier alpha value is -2.69. The van der Waals surface area contributed by atoms with Crippen molar-refractivity contribution in [1.82, 2.24) is 5.32 Å². The van der Waals surface area contributed by atoms with Crippen LogP contribution in [0.25, 0.3) is 0 Å². The summed E-state index contributed by atoms with van der Waals surface area (Å²) in [5.41, 5.74) is 2.05. The summed E-state index contributed by atoms with van der Waals surface area (Å²) in [6.07, 6.45) is 1.68. The molecule has 0 aliphatic rings. The van der Waals surface area contributed by atoms with Gasteiger partial charge in [-0.2, -0.15) is 0 Å². The minimum absolute atomic E-state index is 0.0111. The van der Waals surface area contributed by atoms with E-state index in [4.69, 9.17) is 0 Å². The highest BCUT2D eigenvalue weighted by molar-refractivity contribution is 5.95. The predicted molar refractivity (Wildman–Crippen MR) is 89.5 cm³/mol. The molecule has 0 aliphatic carbocycles. The first-order valence-electron chi connectivity index (χ1n) is 7.57. The van der Waals surface area contributed by atoms with Crippen molar-refractivity contribution in [3.8, 4) is 0 Å². The van der Waals surface area contributed by atoms with Gasteiger partial charge in [-0.15, -0.1) is 0 Å². The van der Waals surface area contributed by atoms with Gasteiger partial charge in [0.15, 0.2) is 0 Å². The standard InChI is InChI=1S/C18H20N2O3/c1-13-8-11-16(12-17(13)20(22)23)18(21)19-14(2)9-10-15-6-4-3-5-7-15/h3-8,11-12,14H,9-10H2,1-2H3,(H,19,21)/t14-/m0/s1. The number of nitro benzene ring substituents is 1. The highest BCUT2D eigenvalue weighted by Gasteiger charge is 2.16. The molecule has 0 aromatic heterocycles. The largest absolute Gasteiger partial charge is 0.350 e. The number of amides is 1. The van der Waals surface area contributed by atoms with Crippen LogP contribution in [-0.2, 0) is 6.42 Å². The number of hydrogen-bond donors (Lipinski definition) is 1. The maximum atomic E-state index is 12.2. The van der Waals surface area contributed by atoms with E-state index < -0.39 is 4.92 Å².